The number of carboxylic acid groups (broad SMARTS) is 1. The summed E-state index contributed by atoms with van der Waals surface area (Å²) >= 11 is 0. The smallest absolute Gasteiger partial charge is 0.415 e. The molecule has 0 saturated carbocycles. The fourth-order valence-corrected chi connectivity index (χ4v) is 4.51. The van der Waals surface area contributed by atoms with Gasteiger partial charge < -0.3 is 30.0 Å². The minimum absolute atomic E-state index is 0.115. The topological polar surface area (TPSA) is 176 Å². The van der Waals surface area contributed by atoms with Crippen molar-refractivity contribution in [3.8, 4) is 17.7 Å². The van der Waals surface area contributed by atoms with E-state index in [0.717, 1.165) is 12.0 Å². The van der Waals surface area contributed by atoms with Crippen LogP contribution in [0.15, 0.2) is 18.3 Å². The predicted molar refractivity (Wildman–Crippen MR) is 128 cm³/mol. The molecule has 0 spiro atoms. The standard InChI is InChI=1S/C23H23FN6O5.CH2O2/c24-18-8-16(33-4-2-25)7-14-5-13(6-17(14)18)9-26-3-1-15-11-30(23(32)35-15)19-10-27-22-21(28-19)29-20(31)12-34-22;2-1-3/h7-8,10,13,15,26H,1,3-6,9,11-12H2,(H,28,29,31);1H,(H,2,3). The van der Waals surface area contributed by atoms with Crippen molar-refractivity contribution in [3.05, 3.63) is 35.3 Å². The lowest BCUT2D eigenvalue weighted by Crippen LogP contribution is -2.30. The molecule has 5 rings (SSSR count). The maximum Gasteiger partial charge on any atom is 0.415 e. The second kappa shape index (κ2) is 12.2. The van der Waals surface area contributed by atoms with E-state index < -0.39 is 6.09 Å². The van der Waals surface area contributed by atoms with Crippen molar-refractivity contribution >= 4 is 30.1 Å². The second-order valence-electron chi connectivity index (χ2n) is 8.70. The molecule has 2 amide bonds. The molecule has 3 N–H and O–H groups in total. The maximum atomic E-state index is 14.4. The van der Waals surface area contributed by atoms with Crippen LogP contribution in [0.25, 0.3) is 0 Å². The number of carbonyl (C=O) groups excluding carboxylic acids is 2. The van der Waals surface area contributed by atoms with Gasteiger partial charge in [0.1, 0.15) is 23.7 Å². The lowest BCUT2D eigenvalue weighted by molar-refractivity contribution is -0.123. The quantitative estimate of drug-likeness (QED) is 0.332. The van der Waals surface area contributed by atoms with Gasteiger partial charge in [0.15, 0.2) is 24.8 Å². The molecule has 1 saturated heterocycles. The first kappa shape index (κ1) is 26.6. The predicted octanol–water partition coefficient (Wildman–Crippen LogP) is 1.27. The molecular weight excluding hydrogens is 503 g/mol. The van der Waals surface area contributed by atoms with E-state index in [1.165, 1.54) is 17.2 Å². The Balaban J connectivity index is 0.00000107. The van der Waals surface area contributed by atoms with Crippen molar-refractivity contribution in [3.63, 3.8) is 0 Å². The summed E-state index contributed by atoms with van der Waals surface area (Å²) in [6.07, 6.45) is 2.52. The van der Waals surface area contributed by atoms with Crippen molar-refractivity contribution in [2.24, 2.45) is 5.92 Å². The zero-order valence-electron chi connectivity index (χ0n) is 20.2. The van der Waals surface area contributed by atoms with E-state index in [-0.39, 0.29) is 60.9 Å². The largest absolute Gasteiger partial charge is 0.483 e. The van der Waals surface area contributed by atoms with Crippen molar-refractivity contribution in [2.75, 3.05) is 43.1 Å². The third kappa shape index (κ3) is 6.24. The fraction of sp³-hybridized carbons (Fsp3) is 0.417. The number of anilines is 2. The van der Waals surface area contributed by atoms with Crippen LogP contribution in [0.2, 0.25) is 0 Å². The monoisotopic (exact) mass is 528 g/mol. The van der Waals surface area contributed by atoms with Crippen molar-refractivity contribution in [1.29, 1.82) is 5.26 Å². The number of hydrogen-bond acceptors (Lipinski definition) is 10. The molecule has 14 heteroatoms. The Morgan fingerprint density at radius 1 is 1.37 bits per heavy atom. The number of carbonyl (C=O) groups is 3. The van der Waals surface area contributed by atoms with E-state index in [4.69, 9.17) is 29.4 Å². The Morgan fingerprint density at radius 3 is 2.97 bits per heavy atom. The zero-order chi connectivity index (χ0) is 27.1. The lowest BCUT2D eigenvalue weighted by Gasteiger charge is -2.18. The number of amides is 2. The summed E-state index contributed by atoms with van der Waals surface area (Å²) < 4.78 is 30.3. The van der Waals surface area contributed by atoms with Gasteiger partial charge in [0, 0.05) is 6.07 Å². The number of nitrogens with zero attached hydrogens (tertiary/aromatic N) is 4. The average Bonchev–Trinajstić information content (AvgIpc) is 3.48. The highest BCUT2D eigenvalue weighted by molar-refractivity contribution is 5.94. The zero-order valence-corrected chi connectivity index (χ0v) is 20.2. The summed E-state index contributed by atoms with van der Waals surface area (Å²) in [4.78, 5) is 42.0. The molecule has 38 heavy (non-hydrogen) atoms. The lowest BCUT2D eigenvalue weighted by atomic mass is 10.1. The Morgan fingerprint density at radius 2 is 2.18 bits per heavy atom. The molecule has 2 unspecified atom stereocenters. The van der Waals surface area contributed by atoms with Gasteiger partial charge in [-0.1, -0.05) is 0 Å². The highest BCUT2D eigenvalue weighted by atomic mass is 19.1. The van der Waals surface area contributed by atoms with E-state index in [9.17, 15) is 14.0 Å². The molecule has 13 nitrogen and oxygen atoms in total. The number of rotatable bonds is 8. The van der Waals surface area contributed by atoms with E-state index in [0.29, 0.717) is 43.8 Å². The first-order valence-corrected chi connectivity index (χ1v) is 11.8. The van der Waals surface area contributed by atoms with E-state index in [1.54, 1.807) is 0 Å². The van der Waals surface area contributed by atoms with Crippen LogP contribution in [0.5, 0.6) is 11.6 Å². The van der Waals surface area contributed by atoms with E-state index in [2.05, 4.69) is 20.6 Å². The number of nitriles is 1. The molecule has 2 atom stereocenters. The van der Waals surface area contributed by atoms with Crippen molar-refractivity contribution in [2.45, 2.75) is 25.4 Å². The third-order valence-corrected chi connectivity index (χ3v) is 6.12. The number of halogens is 1. The Kier molecular flexibility index (Phi) is 8.49. The molecule has 2 aliphatic heterocycles. The van der Waals surface area contributed by atoms with Crippen LogP contribution in [0, 0.1) is 23.1 Å². The minimum Gasteiger partial charge on any atom is -0.483 e. The van der Waals surface area contributed by atoms with Crippen molar-refractivity contribution < 1.29 is 38.1 Å². The van der Waals surface area contributed by atoms with Crippen LogP contribution in [-0.4, -0.2) is 72.5 Å². The average molecular weight is 528 g/mol. The Labute approximate surface area is 216 Å². The number of cyclic esters (lactones) is 1. The number of fused-ring (bicyclic) bond motifs is 2. The van der Waals surface area contributed by atoms with Gasteiger partial charge in [-0.15, -0.1) is 0 Å². The Bertz CT molecular complexity index is 1250. The summed E-state index contributed by atoms with van der Waals surface area (Å²) in [7, 11) is 0. The number of benzene rings is 1. The molecule has 1 aromatic heterocycles. The normalized spacial score (nSPS) is 19.1. The number of hydrogen-bond donors (Lipinski definition) is 3. The van der Waals surface area contributed by atoms with E-state index in [1.807, 2.05) is 12.1 Å². The first-order valence-electron chi connectivity index (χ1n) is 11.8. The van der Waals surface area contributed by atoms with E-state index >= 15 is 0 Å². The van der Waals surface area contributed by atoms with Crippen LogP contribution < -0.4 is 25.0 Å². The molecule has 0 bridgehead atoms. The molecule has 3 aliphatic rings. The first-order chi connectivity index (χ1) is 18.4. The molecule has 3 heterocycles. The molecule has 1 aromatic carbocycles. The maximum absolute atomic E-state index is 14.4. The van der Waals surface area contributed by atoms with Crippen LogP contribution in [0.1, 0.15) is 17.5 Å². The molecule has 1 aliphatic carbocycles. The minimum atomic E-state index is -0.525. The van der Waals surface area contributed by atoms with Gasteiger partial charge in [-0.2, -0.15) is 5.26 Å². The number of ether oxygens (including phenoxy) is 3. The van der Waals surface area contributed by atoms with Crippen LogP contribution in [0.4, 0.5) is 20.8 Å². The molecule has 200 valence electrons. The highest BCUT2D eigenvalue weighted by Gasteiger charge is 2.34. The molecular formula is C24H25FN6O7. The molecule has 1 fully saturated rings. The van der Waals surface area contributed by atoms with Gasteiger partial charge >= 0.3 is 6.09 Å². The summed E-state index contributed by atoms with van der Waals surface area (Å²) in [6.45, 7) is 1.15. The Hall–Kier alpha value is -4.51. The summed E-state index contributed by atoms with van der Waals surface area (Å²) in [5.74, 6) is 0.652. The highest BCUT2D eigenvalue weighted by Crippen LogP contribution is 2.32. The summed E-state index contributed by atoms with van der Waals surface area (Å²) in [5.41, 5.74) is 1.62. The van der Waals surface area contributed by atoms with Gasteiger partial charge in [0.2, 0.25) is 0 Å². The van der Waals surface area contributed by atoms with Crippen LogP contribution in [-0.2, 0) is 27.2 Å². The molecule has 0 radical (unpaired) electrons. The van der Waals surface area contributed by atoms with Crippen LogP contribution >= 0.6 is 0 Å². The number of nitrogens with one attached hydrogen (secondary N) is 2. The van der Waals surface area contributed by atoms with Gasteiger partial charge in [-0.3, -0.25) is 14.5 Å². The third-order valence-electron chi connectivity index (χ3n) is 6.12. The van der Waals surface area contributed by atoms with Gasteiger partial charge in [0.05, 0.1) is 12.7 Å². The van der Waals surface area contributed by atoms with Crippen molar-refractivity contribution in [1.82, 2.24) is 15.3 Å². The molecule has 2 aromatic rings. The van der Waals surface area contributed by atoms with Gasteiger partial charge in [0.25, 0.3) is 18.3 Å². The number of aromatic nitrogens is 2. The summed E-state index contributed by atoms with van der Waals surface area (Å²) in [5, 5.41) is 21.5. The summed E-state index contributed by atoms with van der Waals surface area (Å²) in [6, 6.07) is 5.02. The van der Waals surface area contributed by atoms with Gasteiger partial charge in [-0.05, 0) is 55.5 Å². The van der Waals surface area contributed by atoms with Gasteiger partial charge in [-0.25, -0.2) is 19.2 Å². The van der Waals surface area contributed by atoms with Crippen LogP contribution in [0.3, 0.4) is 0 Å². The fourth-order valence-electron chi connectivity index (χ4n) is 4.51. The second-order valence-corrected chi connectivity index (χ2v) is 8.70. The SMILES string of the molecule is N#CCOc1cc(F)c2c(c1)CC(CNCCC1CN(c3cnc4c(n3)NC(=O)CO4)C(=O)O1)C2.O=CO.